The highest BCUT2D eigenvalue weighted by atomic mass is 16.6. The number of amides is 6. The molecule has 0 radical (unpaired) electrons. The molecule has 0 saturated heterocycles. The van der Waals surface area contributed by atoms with E-state index in [2.05, 4.69) is 36.9 Å². The average molecular weight is 680 g/mol. The van der Waals surface area contributed by atoms with Gasteiger partial charge in [0.2, 0.25) is 0 Å². The molecule has 16 nitrogen and oxygen atoms in total. The third-order valence-electron chi connectivity index (χ3n) is 5.47. The van der Waals surface area contributed by atoms with Crippen molar-refractivity contribution in [3.63, 3.8) is 0 Å². The number of pyridine rings is 1. The molecule has 1 rings (SSSR count). The molecule has 0 atom stereocenters. The molecule has 0 unspecified atom stereocenters. The first-order chi connectivity index (χ1) is 22.1. The number of hydrogen-bond acceptors (Lipinski definition) is 10. The smallest absolute Gasteiger partial charge is 0.407 e. The van der Waals surface area contributed by atoms with Crippen molar-refractivity contribution in [2.45, 2.75) is 98.4 Å². The van der Waals surface area contributed by atoms with Crippen molar-refractivity contribution >= 4 is 36.0 Å². The standard InChI is InChI=1S/C32H53N7O9/c1-30(2,3)46-27(43)36-16-10-13-33-24(40)21-19-22(25(41)34-14-11-17-37-28(44)47-31(4,5)6)39-23(20-21)26(42)35-15-12-18-38-29(45)48-32(7,8)9/h19-20H,10-18H2,1-9H3,(H,33,40)(H,34,41)(H,35,42)(H,36,43)(H,37,44)(H,38,45). The minimum Gasteiger partial charge on any atom is -0.444 e. The number of aromatic nitrogens is 1. The zero-order chi connectivity index (χ0) is 36.5. The molecule has 0 aliphatic carbocycles. The molecule has 0 aliphatic heterocycles. The van der Waals surface area contributed by atoms with E-state index in [1.54, 1.807) is 62.3 Å². The zero-order valence-electron chi connectivity index (χ0n) is 29.6. The number of carbonyl (C=O) groups excluding carboxylic acids is 6. The van der Waals surface area contributed by atoms with Crippen LogP contribution in [0.15, 0.2) is 12.1 Å². The fourth-order valence-electron chi connectivity index (χ4n) is 3.56. The summed E-state index contributed by atoms with van der Waals surface area (Å²) in [6.45, 7) is 17.0. The number of alkyl carbamates (subject to hydrolysis) is 3. The first-order valence-corrected chi connectivity index (χ1v) is 15.9. The normalized spacial score (nSPS) is 11.4. The summed E-state index contributed by atoms with van der Waals surface area (Å²) in [6, 6.07) is 2.54. The van der Waals surface area contributed by atoms with Gasteiger partial charge in [-0.3, -0.25) is 14.4 Å². The second-order valence-electron chi connectivity index (χ2n) is 13.7. The Hall–Kier alpha value is -4.63. The van der Waals surface area contributed by atoms with E-state index in [1.807, 2.05) is 0 Å². The van der Waals surface area contributed by atoms with Gasteiger partial charge in [0, 0.05) is 44.8 Å². The molecule has 0 bridgehead atoms. The van der Waals surface area contributed by atoms with Gasteiger partial charge in [0.1, 0.15) is 28.2 Å². The van der Waals surface area contributed by atoms with Gasteiger partial charge in [-0.1, -0.05) is 0 Å². The molecule has 1 aromatic rings. The Morgan fingerprint density at radius 3 is 1.04 bits per heavy atom. The number of rotatable bonds is 15. The minimum absolute atomic E-state index is 0.0265. The second-order valence-corrected chi connectivity index (χ2v) is 13.7. The molecule has 0 fully saturated rings. The van der Waals surface area contributed by atoms with E-state index in [0.29, 0.717) is 19.3 Å². The van der Waals surface area contributed by atoms with Gasteiger partial charge in [0.05, 0.1) is 0 Å². The summed E-state index contributed by atoms with van der Waals surface area (Å²) in [4.78, 5) is 78.5. The van der Waals surface area contributed by atoms with Crippen molar-refractivity contribution in [2.75, 3.05) is 39.3 Å². The Bertz CT molecular complexity index is 1100. The number of carbonyl (C=O) groups is 6. The molecule has 48 heavy (non-hydrogen) atoms. The zero-order valence-corrected chi connectivity index (χ0v) is 29.6. The van der Waals surface area contributed by atoms with Crippen molar-refractivity contribution in [2.24, 2.45) is 0 Å². The van der Waals surface area contributed by atoms with Crippen LogP contribution in [0.1, 0.15) is 113 Å². The number of nitrogens with one attached hydrogen (secondary N) is 6. The summed E-state index contributed by atoms with van der Waals surface area (Å²) < 4.78 is 15.5. The Kier molecular flexibility index (Phi) is 16.6. The lowest BCUT2D eigenvalue weighted by Gasteiger charge is -2.19. The topological polar surface area (TPSA) is 215 Å². The van der Waals surface area contributed by atoms with E-state index in [1.165, 1.54) is 12.1 Å². The van der Waals surface area contributed by atoms with Crippen LogP contribution in [0.3, 0.4) is 0 Å². The van der Waals surface area contributed by atoms with Crippen LogP contribution in [0.5, 0.6) is 0 Å². The van der Waals surface area contributed by atoms with E-state index in [9.17, 15) is 28.8 Å². The maximum absolute atomic E-state index is 13.0. The molecule has 270 valence electrons. The molecule has 1 heterocycles. The van der Waals surface area contributed by atoms with Crippen LogP contribution in [0, 0.1) is 0 Å². The lowest BCUT2D eigenvalue weighted by Crippen LogP contribution is -2.35. The molecule has 0 aliphatic rings. The fourth-order valence-corrected chi connectivity index (χ4v) is 3.56. The molecule has 0 saturated carbocycles. The predicted molar refractivity (Wildman–Crippen MR) is 178 cm³/mol. The number of hydrogen-bond donors (Lipinski definition) is 6. The van der Waals surface area contributed by atoms with Crippen molar-refractivity contribution < 1.29 is 43.0 Å². The average Bonchev–Trinajstić information content (AvgIpc) is 2.93. The van der Waals surface area contributed by atoms with E-state index < -0.39 is 52.8 Å². The van der Waals surface area contributed by atoms with E-state index >= 15 is 0 Å². The highest BCUT2D eigenvalue weighted by molar-refractivity contribution is 6.02. The van der Waals surface area contributed by atoms with Crippen molar-refractivity contribution in [1.82, 2.24) is 36.9 Å². The van der Waals surface area contributed by atoms with Gasteiger partial charge in [-0.05, 0) is 93.7 Å². The number of ether oxygens (including phenoxy) is 3. The van der Waals surface area contributed by atoms with Gasteiger partial charge < -0.3 is 46.1 Å². The summed E-state index contributed by atoms with van der Waals surface area (Å²) in [5.41, 5.74) is -2.21. The lowest BCUT2D eigenvalue weighted by molar-refractivity contribution is 0.0515. The SMILES string of the molecule is CC(C)(C)OC(=O)NCCCNC(=O)c1cc(C(=O)NCCCNC(=O)OC(C)(C)C)nc(C(=O)NCCCNC(=O)OC(C)(C)C)c1. The molecule has 1 aromatic heterocycles. The second kappa shape index (κ2) is 19.3. The molecular formula is C32H53N7O9. The van der Waals surface area contributed by atoms with E-state index in [-0.39, 0.29) is 56.2 Å². The maximum atomic E-state index is 13.0. The number of nitrogens with zero attached hydrogens (tertiary/aromatic N) is 1. The van der Waals surface area contributed by atoms with Crippen LogP contribution in [0.2, 0.25) is 0 Å². The maximum Gasteiger partial charge on any atom is 0.407 e. The molecule has 16 heteroatoms. The van der Waals surface area contributed by atoms with Crippen LogP contribution in [-0.2, 0) is 14.2 Å². The van der Waals surface area contributed by atoms with E-state index in [0.717, 1.165) is 0 Å². The van der Waals surface area contributed by atoms with Gasteiger partial charge in [0.15, 0.2) is 0 Å². The summed E-state index contributed by atoms with van der Waals surface area (Å²) in [5, 5.41) is 15.8. The van der Waals surface area contributed by atoms with Gasteiger partial charge >= 0.3 is 18.3 Å². The highest BCUT2D eigenvalue weighted by Gasteiger charge is 2.20. The predicted octanol–water partition coefficient (Wildman–Crippen LogP) is 3.02. The Morgan fingerprint density at radius 2 is 0.750 bits per heavy atom. The molecule has 0 aromatic carbocycles. The van der Waals surface area contributed by atoms with Crippen LogP contribution >= 0.6 is 0 Å². The largest absolute Gasteiger partial charge is 0.444 e. The van der Waals surface area contributed by atoms with Gasteiger partial charge in [-0.15, -0.1) is 0 Å². The Balaban J connectivity index is 2.83. The van der Waals surface area contributed by atoms with Crippen LogP contribution in [0.4, 0.5) is 14.4 Å². The first kappa shape index (κ1) is 41.4. The Labute approximate surface area is 282 Å². The molecule has 6 amide bonds. The van der Waals surface area contributed by atoms with Crippen LogP contribution in [0.25, 0.3) is 0 Å². The summed E-state index contributed by atoms with van der Waals surface area (Å²) in [6.07, 6.45) is -0.570. The van der Waals surface area contributed by atoms with E-state index in [4.69, 9.17) is 14.2 Å². The molecule has 0 spiro atoms. The van der Waals surface area contributed by atoms with Gasteiger partial charge in [0.25, 0.3) is 17.7 Å². The highest BCUT2D eigenvalue weighted by Crippen LogP contribution is 2.10. The summed E-state index contributed by atoms with van der Waals surface area (Å²) in [7, 11) is 0. The quantitative estimate of drug-likeness (QED) is 0.118. The molecular weight excluding hydrogens is 626 g/mol. The fraction of sp³-hybridized carbons (Fsp3) is 0.656. The molecule has 6 N–H and O–H groups in total. The van der Waals surface area contributed by atoms with Crippen LogP contribution < -0.4 is 31.9 Å². The third kappa shape index (κ3) is 19.8. The summed E-state index contributed by atoms with van der Waals surface area (Å²) in [5.74, 6) is -1.81. The van der Waals surface area contributed by atoms with Gasteiger partial charge in [-0.2, -0.15) is 0 Å². The first-order valence-electron chi connectivity index (χ1n) is 15.9. The van der Waals surface area contributed by atoms with Gasteiger partial charge in [-0.25, -0.2) is 19.4 Å². The van der Waals surface area contributed by atoms with Crippen molar-refractivity contribution in [1.29, 1.82) is 0 Å². The Morgan fingerprint density at radius 1 is 0.479 bits per heavy atom. The lowest BCUT2D eigenvalue weighted by atomic mass is 10.1. The minimum atomic E-state index is -0.640. The van der Waals surface area contributed by atoms with Crippen molar-refractivity contribution in [3.8, 4) is 0 Å². The third-order valence-corrected chi connectivity index (χ3v) is 5.47. The monoisotopic (exact) mass is 679 g/mol. The summed E-state index contributed by atoms with van der Waals surface area (Å²) >= 11 is 0. The van der Waals surface area contributed by atoms with Crippen LogP contribution in [-0.4, -0.2) is 97.1 Å². The van der Waals surface area contributed by atoms with Crippen molar-refractivity contribution in [3.05, 3.63) is 29.1 Å².